The van der Waals surface area contributed by atoms with Crippen molar-refractivity contribution >= 4 is 28.7 Å². The lowest BCUT2D eigenvalue weighted by Crippen LogP contribution is -2.07. The average molecular weight is 405 g/mol. The average Bonchev–Trinajstić information content (AvgIpc) is 3.15. The first kappa shape index (κ1) is 19.4. The van der Waals surface area contributed by atoms with Gasteiger partial charge < -0.3 is 15.4 Å². The monoisotopic (exact) mass is 405 g/mol. The number of aromatic nitrogens is 3. The zero-order valence-corrected chi connectivity index (χ0v) is 16.7. The molecule has 0 aliphatic heterocycles. The second-order valence-corrected chi connectivity index (χ2v) is 6.80. The number of hydrogen-bond acceptors (Lipinski definition) is 5. The minimum absolute atomic E-state index is 0.120. The maximum atomic E-state index is 14.2. The van der Waals surface area contributed by atoms with Crippen molar-refractivity contribution in [1.82, 2.24) is 14.4 Å². The zero-order chi connectivity index (χ0) is 21.3. The van der Waals surface area contributed by atoms with Gasteiger partial charge in [-0.05, 0) is 48.9 Å². The number of ether oxygens (including phenoxy) is 1. The molecule has 0 fully saturated rings. The number of hydrogen-bond donors (Lipinski definition) is 2. The van der Waals surface area contributed by atoms with E-state index in [0.29, 0.717) is 17.0 Å². The van der Waals surface area contributed by atoms with E-state index in [2.05, 4.69) is 20.6 Å². The van der Waals surface area contributed by atoms with Crippen molar-refractivity contribution in [3.05, 3.63) is 66.4 Å². The number of carbonyl (C=O) groups excluding carboxylic acids is 1. The van der Waals surface area contributed by atoms with Gasteiger partial charge in [0.05, 0.1) is 19.0 Å². The fourth-order valence-corrected chi connectivity index (χ4v) is 3.25. The minimum Gasteiger partial charge on any atom is -0.494 e. The van der Waals surface area contributed by atoms with Gasteiger partial charge in [0.25, 0.3) is 0 Å². The summed E-state index contributed by atoms with van der Waals surface area (Å²) in [6.07, 6.45) is 5.10. The van der Waals surface area contributed by atoms with Crippen LogP contribution < -0.4 is 15.4 Å². The van der Waals surface area contributed by atoms with E-state index in [0.717, 1.165) is 22.6 Å². The molecule has 0 unspecified atom stereocenters. The normalized spacial score (nSPS) is 10.8. The Morgan fingerprint density at radius 1 is 1.17 bits per heavy atom. The van der Waals surface area contributed by atoms with Crippen LogP contribution in [-0.4, -0.2) is 27.4 Å². The van der Waals surface area contributed by atoms with Crippen molar-refractivity contribution in [2.24, 2.45) is 0 Å². The molecule has 4 rings (SSSR count). The van der Waals surface area contributed by atoms with Crippen molar-refractivity contribution in [2.45, 2.75) is 13.8 Å². The van der Waals surface area contributed by atoms with Crippen molar-refractivity contribution in [3.8, 4) is 17.0 Å². The minimum atomic E-state index is -0.438. The van der Waals surface area contributed by atoms with Gasteiger partial charge in [0.2, 0.25) is 5.91 Å². The van der Waals surface area contributed by atoms with Crippen LogP contribution in [0.4, 0.5) is 21.6 Å². The number of rotatable bonds is 5. The molecule has 2 aromatic heterocycles. The van der Waals surface area contributed by atoms with E-state index in [9.17, 15) is 9.18 Å². The van der Waals surface area contributed by atoms with Gasteiger partial charge in [-0.15, -0.1) is 0 Å². The first-order valence-electron chi connectivity index (χ1n) is 9.27. The summed E-state index contributed by atoms with van der Waals surface area (Å²) in [6, 6.07) is 10.4. The molecule has 0 spiro atoms. The number of fused-ring (bicyclic) bond motifs is 1. The first-order valence-corrected chi connectivity index (χ1v) is 9.27. The Bertz CT molecular complexity index is 1250. The van der Waals surface area contributed by atoms with E-state index in [1.54, 1.807) is 30.7 Å². The molecule has 0 saturated heterocycles. The van der Waals surface area contributed by atoms with Gasteiger partial charge in [-0.3, -0.25) is 9.20 Å². The van der Waals surface area contributed by atoms with Crippen LogP contribution in [0.1, 0.15) is 12.5 Å². The van der Waals surface area contributed by atoms with Crippen molar-refractivity contribution in [2.75, 3.05) is 17.7 Å². The third-order valence-corrected chi connectivity index (χ3v) is 4.68. The third-order valence-electron chi connectivity index (χ3n) is 4.68. The fraction of sp³-hybridized carbons (Fsp3) is 0.136. The molecule has 0 atom stereocenters. The molecule has 7 nitrogen and oxygen atoms in total. The van der Waals surface area contributed by atoms with Crippen LogP contribution in [0.3, 0.4) is 0 Å². The summed E-state index contributed by atoms with van der Waals surface area (Å²) in [5.74, 6) is 0.191. The Morgan fingerprint density at radius 3 is 2.70 bits per heavy atom. The molecule has 0 radical (unpaired) electrons. The van der Waals surface area contributed by atoms with Gasteiger partial charge in [0.15, 0.2) is 23.0 Å². The van der Waals surface area contributed by atoms with E-state index in [4.69, 9.17) is 4.74 Å². The molecule has 4 aromatic rings. The number of anilines is 3. The molecule has 8 heteroatoms. The number of benzene rings is 2. The maximum absolute atomic E-state index is 14.2. The van der Waals surface area contributed by atoms with E-state index in [-0.39, 0.29) is 11.7 Å². The second kappa shape index (κ2) is 7.82. The number of aryl methyl sites for hydroxylation is 1. The highest BCUT2D eigenvalue weighted by molar-refractivity contribution is 5.90. The van der Waals surface area contributed by atoms with E-state index >= 15 is 0 Å². The molecular weight excluding hydrogens is 385 g/mol. The van der Waals surface area contributed by atoms with E-state index in [1.165, 1.54) is 20.1 Å². The Kier molecular flexibility index (Phi) is 5.05. The first-order chi connectivity index (χ1) is 14.5. The van der Waals surface area contributed by atoms with Gasteiger partial charge in [-0.25, -0.2) is 14.4 Å². The van der Waals surface area contributed by atoms with Crippen molar-refractivity contribution in [1.29, 1.82) is 0 Å². The highest BCUT2D eigenvalue weighted by atomic mass is 19.1. The SMILES string of the molecule is COc1ccc(-c2cnc3c(Nc4ccc(NC(C)=O)c(C)c4)nccn23)cc1F. The summed E-state index contributed by atoms with van der Waals surface area (Å²) in [5.41, 5.74) is 4.49. The number of carbonyl (C=O) groups is 1. The number of imidazole rings is 1. The lowest BCUT2D eigenvalue weighted by molar-refractivity contribution is -0.114. The summed E-state index contributed by atoms with van der Waals surface area (Å²) in [7, 11) is 1.43. The molecule has 152 valence electrons. The summed E-state index contributed by atoms with van der Waals surface area (Å²) in [5, 5.41) is 6.05. The van der Waals surface area contributed by atoms with Gasteiger partial charge in [0.1, 0.15) is 0 Å². The summed E-state index contributed by atoms with van der Waals surface area (Å²) >= 11 is 0. The molecule has 0 aliphatic carbocycles. The van der Waals surface area contributed by atoms with E-state index in [1.807, 2.05) is 29.5 Å². The predicted octanol–water partition coefficient (Wildman–Crippen LogP) is 4.55. The molecule has 2 N–H and O–H groups in total. The molecule has 0 aliphatic rings. The number of halogens is 1. The summed E-state index contributed by atoms with van der Waals surface area (Å²) < 4.78 is 21.0. The summed E-state index contributed by atoms with van der Waals surface area (Å²) in [6.45, 7) is 3.39. The summed E-state index contributed by atoms with van der Waals surface area (Å²) in [4.78, 5) is 20.2. The number of nitrogens with zero attached hydrogens (tertiary/aromatic N) is 3. The molecule has 0 bridgehead atoms. The Balaban J connectivity index is 1.68. The lowest BCUT2D eigenvalue weighted by Gasteiger charge is -2.11. The van der Waals surface area contributed by atoms with Crippen LogP contribution in [-0.2, 0) is 4.79 Å². The number of methoxy groups -OCH3 is 1. The topological polar surface area (TPSA) is 80.5 Å². The van der Waals surface area contributed by atoms with Crippen LogP contribution in [0.5, 0.6) is 5.75 Å². The largest absolute Gasteiger partial charge is 0.494 e. The fourth-order valence-electron chi connectivity index (χ4n) is 3.25. The van der Waals surface area contributed by atoms with Crippen LogP contribution in [0.2, 0.25) is 0 Å². The van der Waals surface area contributed by atoms with Crippen LogP contribution >= 0.6 is 0 Å². The quantitative estimate of drug-likeness (QED) is 0.509. The second-order valence-electron chi connectivity index (χ2n) is 6.80. The molecule has 2 aromatic carbocycles. The molecule has 1 amide bonds. The molecule has 0 saturated carbocycles. The molecule has 30 heavy (non-hydrogen) atoms. The van der Waals surface area contributed by atoms with Gasteiger partial charge in [0, 0.05) is 36.3 Å². The Morgan fingerprint density at radius 2 is 2.00 bits per heavy atom. The third kappa shape index (κ3) is 3.67. The van der Waals surface area contributed by atoms with Crippen molar-refractivity contribution in [3.63, 3.8) is 0 Å². The van der Waals surface area contributed by atoms with Crippen LogP contribution in [0.25, 0.3) is 16.9 Å². The standard InChI is InChI=1S/C22H20FN5O2/c1-13-10-16(5-6-18(13)26-14(2)29)27-21-22-25-12-19(28(22)9-8-24-21)15-4-7-20(30-3)17(23)11-15/h4-12H,1-3H3,(H,24,27)(H,26,29). The smallest absolute Gasteiger partial charge is 0.221 e. The van der Waals surface area contributed by atoms with Crippen LogP contribution in [0, 0.1) is 12.7 Å². The van der Waals surface area contributed by atoms with Gasteiger partial charge in [-0.1, -0.05) is 0 Å². The molecular formula is C22H20FN5O2. The Labute approximate surface area is 172 Å². The molecule has 2 heterocycles. The lowest BCUT2D eigenvalue weighted by atomic mass is 10.1. The van der Waals surface area contributed by atoms with Crippen LogP contribution in [0.15, 0.2) is 55.0 Å². The predicted molar refractivity (Wildman–Crippen MR) is 114 cm³/mol. The van der Waals surface area contributed by atoms with Gasteiger partial charge >= 0.3 is 0 Å². The number of amides is 1. The van der Waals surface area contributed by atoms with Gasteiger partial charge in [-0.2, -0.15) is 0 Å². The highest BCUT2D eigenvalue weighted by Gasteiger charge is 2.13. The maximum Gasteiger partial charge on any atom is 0.221 e. The highest BCUT2D eigenvalue weighted by Crippen LogP contribution is 2.29. The Hall–Kier alpha value is -3.94. The van der Waals surface area contributed by atoms with Crippen molar-refractivity contribution < 1.29 is 13.9 Å². The van der Waals surface area contributed by atoms with E-state index < -0.39 is 5.82 Å². The number of nitrogens with one attached hydrogen (secondary N) is 2. The zero-order valence-electron chi connectivity index (χ0n) is 16.7.